The van der Waals surface area contributed by atoms with Crippen LogP contribution in [-0.2, 0) is 4.79 Å². The van der Waals surface area contributed by atoms with Crippen LogP contribution in [0.5, 0.6) is 0 Å². The minimum absolute atomic E-state index is 0.0233. The summed E-state index contributed by atoms with van der Waals surface area (Å²) in [4.78, 5) is 26.6. The second-order valence-electron chi connectivity index (χ2n) is 5.03. The summed E-state index contributed by atoms with van der Waals surface area (Å²) in [5.41, 5.74) is 0.561. The highest BCUT2D eigenvalue weighted by Gasteiger charge is 2.36. The lowest BCUT2D eigenvalue weighted by Crippen LogP contribution is -2.54. The highest BCUT2D eigenvalue weighted by atomic mass is 35.5. The molecule has 2 amide bonds. The molecule has 2 aromatic rings. The minimum Gasteiger partial charge on any atom is -0.336 e. The number of nitrogens with one attached hydrogen (secondary N) is 1. The van der Waals surface area contributed by atoms with E-state index in [1.165, 1.54) is 11.3 Å². The number of amides is 2. The number of halogens is 2. The maximum atomic E-state index is 12.1. The molecule has 22 heavy (non-hydrogen) atoms. The van der Waals surface area contributed by atoms with Crippen LogP contribution in [0.3, 0.4) is 0 Å². The number of likely N-dealkylation sites (tertiary alicyclic amines) is 1. The number of hydrogen-bond acceptors (Lipinski definition) is 3. The minimum atomic E-state index is -0.207. The van der Waals surface area contributed by atoms with E-state index in [9.17, 15) is 9.59 Å². The molecule has 0 unspecified atom stereocenters. The van der Waals surface area contributed by atoms with E-state index in [-0.39, 0.29) is 17.7 Å². The van der Waals surface area contributed by atoms with E-state index >= 15 is 0 Å². The predicted octanol–water partition coefficient (Wildman–Crippen LogP) is 3.77. The smallest absolute Gasteiger partial charge is 0.263 e. The Bertz CT molecular complexity index is 692. The fourth-order valence-electron chi connectivity index (χ4n) is 2.24. The average molecular weight is 355 g/mol. The van der Waals surface area contributed by atoms with E-state index < -0.39 is 0 Å². The molecule has 2 heterocycles. The highest BCUT2D eigenvalue weighted by molar-refractivity contribution is 7.12. The molecule has 1 saturated heterocycles. The number of benzene rings is 1. The average Bonchev–Trinajstić information content (AvgIpc) is 2.88. The van der Waals surface area contributed by atoms with Crippen LogP contribution >= 0.6 is 34.5 Å². The van der Waals surface area contributed by atoms with E-state index in [2.05, 4.69) is 5.32 Å². The van der Waals surface area contributed by atoms with E-state index in [0.717, 1.165) is 0 Å². The van der Waals surface area contributed by atoms with Gasteiger partial charge in [-0.05, 0) is 29.6 Å². The summed E-state index contributed by atoms with van der Waals surface area (Å²) in [5, 5.41) is 5.57. The Morgan fingerprint density at radius 2 is 1.86 bits per heavy atom. The van der Waals surface area contributed by atoms with Crippen molar-refractivity contribution in [3.05, 3.63) is 50.6 Å². The summed E-state index contributed by atoms with van der Waals surface area (Å²) in [6.07, 6.45) is 0. The first kappa shape index (κ1) is 15.3. The Morgan fingerprint density at radius 1 is 1.18 bits per heavy atom. The van der Waals surface area contributed by atoms with Crippen LogP contribution in [0.2, 0.25) is 10.0 Å². The van der Waals surface area contributed by atoms with Crippen LogP contribution < -0.4 is 5.32 Å². The predicted molar refractivity (Wildman–Crippen MR) is 88.8 cm³/mol. The second kappa shape index (κ2) is 6.28. The molecule has 1 aromatic carbocycles. The van der Waals surface area contributed by atoms with Gasteiger partial charge in [-0.25, -0.2) is 0 Å². The highest BCUT2D eigenvalue weighted by Crippen LogP contribution is 2.25. The number of carbonyl (C=O) groups excluding carboxylic acids is 2. The van der Waals surface area contributed by atoms with Gasteiger partial charge in [0.1, 0.15) is 0 Å². The Hall–Kier alpha value is -1.56. The molecule has 0 spiro atoms. The third-order valence-electron chi connectivity index (χ3n) is 3.40. The topological polar surface area (TPSA) is 49.4 Å². The zero-order valence-electron chi connectivity index (χ0n) is 11.4. The molecular weight excluding hydrogens is 343 g/mol. The Labute approximate surface area is 141 Å². The molecule has 3 rings (SSSR count). The van der Waals surface area contributed by atoms with Crippen LogP contribution in [0.1, 0.15) is 9.67 Å². The number of anilines is 1. The van der Waals surface area contributed by atoms with Gasteiger partial charge in [-0.15, -0.1) is 11.3 Å². The lowest BCUT2D eigenvalue weighted by Gasteiger charge is -2.37. The van der Waals surface area contributed by atoms with Crippen molar-refractivity contribution in [2.75, 3.05) is 18.4 Å². The number of thiophene rings is 1. The normalized spacial score (nSPS) is 14.5. The molecule has 0 saturated carbocycles. The van der Waals surface area contributed by atoms with Crippen molar-refractivity contribution in [3.63, 3.8) is 0 Å². The zero-order valence-corrected chi connectivity index (χ0v) is 13.7. The van der Waals surface area contributed by atoms with Crippen molar-refractivity contribution >= 4 is 52.0 Å². The third-order valence-corrected chi connectivity index (χ3v) is 4.70. The van der Waals surface area contributed by atoms with Crippen molar-refractivity contribution in [2.24, 2.45) is 5.92 Å². The van der Waals surface area contributed by atoms with E-state index in [1.807, 2.05) is 11.4 Å². The van der Waals surface area contributed by atoms with E-state index in [0.29, 0.717) is 33.7 Å². The molecule has 0 radical (unpaired) electrons. The second-order valence-corrected chi connectivity index (χ2v) is 6.85. The molecular formula is C15H12Cl2N2O2S. The van der Waals surface area contributed by atoms with Crippen LogP contribution in [-0.4, -0.2) is 29.8 Å². The monoisotopic (exact) mass is 354 g/mol. The lowest BCUT2D eigenvalue weighted by atomic mass is 9.98. The number of rotatable bonds is 3. The van der Waals surface area contributed by atoms with Crippen LogP contribution in [0.4, 0.5) is 5.69 Å². The number of nitrogens with zero attached hydrogens (tertiary/aromatic N) is 1. The lowest BCUT2D eigenvalue weighted by molar-refractivity contribution is -0.123. The van der Waals surface area contributed by atoms with Crippen molar-refractivity contribution in [3.8, 4) is 0 Å². The maximum Gasteiger partial charge on any atom is 0.263 e. The van der Waals surface area contributed by atoms with Gasteiger partial charge in [0.15, 0.2) is 0 Å². The molecule has 0 aliphatic carbocycles. The molecule has 1 N–H and O–H groups in total. The van der Waals surface area contributed by atoms with Crippen LogP contribution in [0, 0.1) is 5.92 Å². The molecule has 0 bridgehead atoms. The molecule has 1 fully saturated rings. The van der Waals surface area contributed by atoms with Gasteiger partial charge in [0.25, 0.3) is 5.91 Å². The molecule has 7 heteroatoms. The third kappa shape index (κ3) is 3.27. The first-order chi connectivity index (χ1) is 10.5. The van der Waals surface area contributed by atoms with Gasteiger partial charge >= 0.3 is 0 Å². The van der Waals surface area contributed by atoms with Gasteiger partial charge in [0.05, 0.1) is 10.8 Å². The molecule has 0 atom stereocenters. The van der Waals surface area contributed by atoms with Crippen molar-refractivity contribution in [1.82, 2.24) is 4.90 Å². The Kier molecular flexibility index (Phi) is 4.38. The summed E-state index contributed by atoms with van der Waals surface area (Å²) in [6.45, 7) is 0.855. The molecule has 1 aromatic heterocycles. The SMILES string of the molecule is O=C(Nc1cc(Cl)cc(Cl)c1)C1CN(C(=O)c2cccs2)C1. The van der Waals surface area contributed by atoms with Crippen molar-refractivity contribution in [2.45, 2.75) is 0 Å². The summed E-state index contributed by atoms with van der Waals surface area (Å²) in [7, 11) is 0. The summed E-state index contributed by atoms with van der Waals surface area (Å²) >= 11 is 13.2. The summed E-state index contributed by atoms with van der Waals surface area (Å²) < 4.78 is 0. The van der Waals surface area contributed by atoms with Gasteiger partial charge in [-0.3, -0.25) is 9.59 Å². The van der Waals surface area contributed by atoms with Crippen molar-refractivity contribution < 1.29 is 9.59 Å². The summed E-state index contributed by atoms with van der Waals surface area (Å²) in [5.74, 6) is -0.361. The van der Waals surface area contributed by atoms with Crippen molar-refractivity contribution in [1.29, 1.82) is 0 Å². The molecule has 1 aliphatic heterocycles. The molecule has 114 valence electrons. The standard InChI is InChI=1S/C15H12Cl2N2O2S/c16-10-4-11(17)6-12(5-10)18-14(20)9-7-19(8-9)15(21)13-2-1-3-22-13/h1-6,9H,7-8H2,(H,18,20). The fourth-order valence-corrected chi connectivity index (χ4v) is 3.45. The molecule has 1 aliphatic rings. The van der Waals surface area contributed by atoms with Gasteiger partial charge < -0.3 is 10.2 Å². The summed E-state index contributed by atoms with van der Waals surface area (Å²) in [6, 6.07) is 8.50. The fraction of sp³-hybridized carbons (Fsp3) is 0.200. The van der Waals surface area contributed by atoms with Gasteiger partial charge in [0.2, 0.25) is 5.91 Å². The Balaban J connectivity index is 1.56. The first-order valence-electron chi connectivity index (χ1n) is 6.62. The van der Waals surface area contributed by atoms with Gasteiger partial charge in [0, 0.05) is 28.8 Å². The largest absolute Gasteiger partial charge is 0.336 e. The van der Waals surface area contributed by atoms with Gasteiger partial charge in [-0.2, -0.15) is 0 Å². The maximum absolute atomic E-state index is 12.1. The Morgan fingerprint density at radius 3 is 2.45 bits per heavy atom. The quantitative estimate of drug-likeness (QED) is 0.911. The molecule has 4 nitrogen and oxygen atoms in total. The van der Waals surface area contributed by atoms with Crippen LogP contribution in [0.15, 0.2) is 35.7 Å². The van der Waals surface area contributed by atoms with Gasteiger partial charge in [-0.1, -0.05) is 29.3 Å². The van der Waals surface area contributed by atoms with E-state index in [4.69, 9.17) is 23.2 Å². The first-order valence-corrected chi connectivity index (χ1v) is 8.26. The number of hydrogen-bond donors (Lipinski definition) is 1. The zero-order chi connectivity index (χ0) is 15.7. The van der Waals surface area contributed by atoms with E-state index in [1.54, 1.807) is 29.2 Å². The van der Waals surface area contributed by atoms with Crippen LogP contribution in [0.25, 0.3) is 0 Å². The number of carbonyl (C=O) groups is 2.